The minimum Gasteiger partial charge on any atom is -0.481 e. The summed E-state index contributed by atoms with van der Waals surface area (Å²) in [7, 11) is -3.53. The number of benzene rings is 2. The van der Waals surface area contributed by atoms with E-state index in [0.717, 1.165) is 11.1 Å². The van der Waals surface area contributed by atoms with E-state index >= 15 is 0 Å². The van der Waals surface area contributed by atoms with Gasteiger partial charge in [0.2, 0.25) is 10.0 Å². The number of rotatable bonds is 8. The fourth-order valence-electron chi connectivity index (χ4n) is 2.90. The van der Waals surface area contributed by atoms with Gasteiger partial charge in [0, 0.05) is 23.8 Å². The van der Waals surface area contributed by atoms with Crippen molar-refractivity contribution < 1.29 is 17.9 Å². The smallest absolute Gasteiger partial charge is 0.265 e. The molecule has 0 aromatic heterocycles. The summed E-state index contributed by atoms with van der Waals surface area (Å²) in [6.45, 7) is 9.78. The van der Waals surface area contributed by atoms with Gasteiger partial charge in [-0.15, -0.1) is 0 Å². The number of aryl methyl sites for hydroxylation is 2. The summed E-state index contributed by atoms with van der Waals surface area (Å²) in [6, 6.07) is 9.68. The Labute approximate surface area is 177 Å². The van der Waals surface area contributed by atoms with E-state index in [9.17, 15) is 13.2 Å². The summed E-state index contributed by atoms with van der Waals surface area (Å²) in [5, 5.41) is 3.42. The van der Waals surface area contributed by atoms with Crippen LogP contribution in [-0.4, -0.2) is 37.8 Å². The number of nitrogens with zero attached hydrogens (tertiary/aromatic N) is 1. The van der Waals surface area contributed by atoms with E-state index in [1.54, 1.807) is 45.0 Å². The molecular formula is C21H27ClN2O4S. The van der Waals surface area contributed by atoms with E-state index in [0.29, 0.717) is 29.5 Å². The zero-order valence-electron chi connectivity index (χ0n) is 17.3. The highest BCUT2D eigenvalue weighted by Gasteiger charge is 2.22. The van der Waals surface area contributed by atoms with Crippen molar-refractivity contribution in [3.8, 4) is 5.75 Å². The maximum atomic E-state index is 12.5. The number of anilines is 1. The van der Waals surface area contributed by atoms with Crippen LogP contribution in [0.2, 0.25) is 5.02 Å². The van der Waals surface area contributed by atoms with Crippen molar-refractivity contribution in [2.75, 3.05) is 18.4 Å². The van der Waals surface area contributed by atoms with Crippen molar-refractivity contribution >= 4 is 33.2 Å². The molecule has 1 atom stereocenters. The third kappa shape index (κ3) is 5.50. The second kappa shape index (κ2) is 9.61. The number of hydrogen-bond donors (Lipinski definition) is 1. The maximum absolute atomic E-state index is 12.5. The molecule has 0 bridgehead atoms. The molecule has 0 saturated carbocycles. The summed E-state index contributed by atoms with van der Waals surface area (Å²) in [4.78, 5) is 12.6. The van der Waals surface area contributed by atoms with Gasteiger partial charge in [-0.1, -0.05) is 25.4 Å². The minimum absolute atomic E-state index is 0.190. The van der Waals surface area contributed by atoms with E-state index in [-0.39, 0.29) is 10.8 Å². The fraction of sp³-hybridized carbons (Fsp3) is 0.381. The van der Waals surface area contributed by atoms with Crippen LogP contribution in [0.3, 0.4) is 0 Å². The second-order valence-corrected chi connectivity index (χ2v) is 9.05. The molecule has 0 spiro atoms. The van der Waals surface area contributed by atoms with Gasteiger partial charge in [0.15, 0.2) is 6.10 Å². The van der Waals surface area contributed by atoms with Gasteiger partial charge >= 0.3 is 0 Å². The van der Waals surface area contributed by atoms with Crippen molar-refractivity contribution in [1.29, 1.82) is 0 Å². The third-order valence-electron chi connectivity index (χ3n) is 4.56. The average molecular weight is 439 g/mol. The SMILES string of the molecule is CCN(CC)S(=O)(=O)c1ccc(NC(=O)[C@@H](C)Oc2cc(C)c(Cl)c(C)c2)cc1. The monoisotopic (exact) mass is 438 g/mol. The zero-order valence-corrected chi connectivity index (χ0v) is 18.9. The first kappa shape index (κ1) is 23.2. The van der Waals surface area contributed by atoms with Crippen molar-refractivity contribution in [2.45, 2.75) is 45.6 Å². The summed E-state index contributed by atoms with van der Waals surface area (Å²) in [5.41, 5.74) is 2.24. The van der Waals surface area contributed by atoms with Crippen LogP contribution in [-0.2, 0) is 14.8 Å². The van der Waals surface area contributed by atoms with Crippen LogP contribution < -0.4 is 10.1 Å². The molecule has 0 aliphatic carbocycles. The van der Waals surface area contributed by atoms with E-state index < -0.39 is 16.1 Å². The first-order valence-electron chi connectivity index (χ1n) is 9.44. The van der Waals surface area contributed by atoms with Crippen LogP contribution in [0.25, 0.3) is 0 Å². The predicted octanol–water partition coefficient (Wildman–Crippen LogP) is 4.39. The number of sulfonamides is 1. The lowest BCUT2D eigenvalue weighted by atomic mass is 10.1. The zero-order chi connectivity index (χ0) is 21.8. The predicted molar refractivity (Wildman–Crippen MR) is 116 cm³/mol. The minimum atomic E-state index is -3.53. The Balaban J connectivity index is 2.07. The van der Waals surface area contributed by atoms with Crippen molar-refractivity contribution in [3.05, 3.63) is 52.5 Å². The third-order valence-corrected chi connectivity index (χ3v) is 7.22. The Hall–Kier alpha value is -2.09. The van der Waals surface area contributed by atoms with Gasteiger partial charge in [0.05, 0.1) is 4.90 Å². The van der Waals surface area contributed by atoms with Crippen LogP contribution >= 0.6 is 11.6 Å². The molecule has 8 heteroatoms. The lowest BCUT2D eigenvalue weighted by Gasteiger charge is -2.19. The molecule has 0 fully saturated rings. The highest BCUT2D eigenvalue weighted by atomic mass is 35.5. The Morgan fingerprint density at radius 1 is 1.10 bits per heavy atom. The van der Waals surface area contributed by atoms with Gasteiger partial charge in [-0.25, -0.2) is 8.42 Å². The molecule has 6 nitrogen and oxygen atoms in total. The highest BCUT2D eigenvalue weighted by Crippen LogP contribution is 2.26. The molecule has 0 heterocycles. The van der Waals surface area contributed by atoms with Crippen LogP contribution in [0.15, 0.2) is 41.3 Å². The number of halogens is 1. The van der Waals surface area contributed by atoms with E-state index in [4.69, 9.17) is 16.3 Å². The summed E-state index contributed by atoms with van der Waals surface area (Å²) < 4.78 is 32.2. The van der Waals surface area contributed by atoms with E-state index in [1.165, 1.54) is 16.4 Å². The normalized spacial score (nSPS) is 12.7. The van der Waals surface area contributed by atoms with E-state index in [2.05, 4.69) is 5.32 Å². The lowest BCUT2D eigenvalue weighted by Crippen LogP contribution is -2.31. The largest absolute Gasteiger partial charge is 0.481 e. The van der Waals surface area contributed by atoms with Gasteiger partial charge in [-0.05, 0) is 68.3 Å². The van der Waals surface area contributed by atoms with Crippen molar-refractivity contribution in [2.24, 2.45) is 0 Å². The Bertz CT molecular complexity index is 948. The number of hydrogen-bond acceptors (Lipinski definition) is 4. The van der Waals surface area contributed by atoms with Gasteiger partial charge < -0.3 is 10.1 Å². The molecule has 2 aromatic rings. The van der Waals surface area contributed by atoms with Crippen molar-refractivity contribution in [3.63, 3.8) is 0 Å². The van der Waals surface area contributed by atoms with Gasteiger partial charge in [0.25, 0.3) is 5.91 Å². The van der Waals surface area contributed by atoms with Crippen LogP contribution in [0.4, 0.5) is 5.69 Å². The van der Waals surface area contributed by atoms with Gasteiger partial charge in [-0.3, -0.25) is 4.79 Å². The standard InChI is InChI=1S/C21H27ClN2O4S/c1-6-24(7-2)29(26,27)19-10-8-17(9-11-19)23-21(25)16(5)28-18-12-14(3)20(22)15(4)13-18/h8-13,16H,6-7H2,1-5H3,(H,23,25)/t16-/m1/s1. The quantitative estimate of drug-likeness (QED) is 0.663. The highest BCUT2D eigenvalue weighted by molar-refractivity contribution is 7.89. The molecule has 0 radical (unpaired) electrons. The van der Waals surface area contributed by atoms with Crippen LogP contribution in [0.1, 0.15) is 31.9 Å². The number of carbonyl (C=O) groups excluding carboxylic acids is 1. The molecule has 29 heavy (non-hydrogen) atoms. The van der Waals surface area contributed by atoms with Crippen LogP contribution in [0, 0.1) is 13.8 Å². The van der Waals surface area contributed by atoms with Gasteiger partial charge in [0.1, 0.15) is 5.75 Å². The summed E-state index contributed by atoms with van der Waals surface area (Å²) >= 11 is 6.16. The molecule has 1 N–H and O–H groups in total. The summed E-state index contributed by atoms with van der Waals surface area (Å²) in [6.07, 6.45) is -0.742. The Morgan fingerprint density at radius 3 is 2.10 bits per heavy atom. The number of nitrogens with one attached hydrogen (secondary N) is 1. The summed E-state index contributed by atoms with van der Waals surface area (Å²) in [5.74, 6) is 0.224. The Morgan fingerprint density at radius 2 is 1.62 bits per heavy atom. The molecule has 0 aliphatic rings. The molecule has 0 aliphatic heterocycles. The number of carbonyl (C=O) groups is 1. The second-order valence-electron chi connectivity index (χ2n) is 6.73. The van der Waals surface area contributed by atoms with E-state index in [1.807, 2.05) is 13.8 Å². The Kier molecular flexibility index (Phi) is 7.68. The number of ether oxygens (including phenoxy) is 1. The molecular weight excluding hydrogens is 412 g/mol. The average Bonchev–Trinajstić information content (AvgIpc) is 2.67. The van der Waals surface area contributed by atoms with Gasteiger partial charge in [-0.2, -0.15) is 4.31 Å². The van der Waals surface area contributed by atoms with Crippen LogP contribution in [0.5, 0.6) is 5.75 Å². The lowest BCUT2D eigenvalue weighted by molar-refractivity contribution is -0.122. The molecule has 0 unspecified atom stereocenters. The number of amides is 1. The first-order chi connectivity index (χ1) is 13.6. The molecule has 2 rings (SSSR count). The molecule has 1 amide bonds. The first-order valence-corrected chi connectivity index (χ1v) is 11.3. The molecule has 2 aromatic carbocycles. The molecule has 0 saturated heterocycles. The topological polar surface area (TPSA) is 75.7 Å². The maximum Gasteiger partial charge on any atom is 0.265 e. The molecule has 158 valence electrons. The fourth-order valence-corrected chi connectivity index (χ4v) is 4.47. The van der Waals surface area contributed by atoms with Crippen molar-refractivity contribution in [1.82, 2.24) is 4.31 Å².